The average molecular weight is 338 g/mol. The van der Waals surface area contributed by atoms with Gasteiger partial charge in [0.05, 0.1) is 11.8 Å². The fourth-order valence-corrected chi connectivity index (χ4v) is 2.92. The van der Waals surface area contributed by atoms with Crippen LogP contribution in [-0.4, -0.2) is 26.3 Å². The summed E-state index contributed by atoms with van der Waals surface area (Å²) in [6, 6.07) is 7.93. The Morgan fingerprint density at radius 1 is 1.32 bits per heavy atom. The Balaban J connectivity index is 2.03. The summed E-state index contributed by atoms with van der Waals surface area (Å²) in [5, 5.41) is 13.6. The molecular weight excluding hydrogens is 326 g/mol. The lowest BCUT2D eigenvalue weighted by Gasteiger charge is -2.14. The first-order valence-electron chi connectivity index (χ1n) is 5.82. The molecule has 1 atom stereocenters. The topological polar surface area (TPSA) is 69.1 Å². The van der Waals surface area contributed by atoms with Gasteiger partial charge in [0.2, 0.25) is 5.16 Å². The Labute approximate surface area is 123 Å². The lowest BCUT2D eigenvalue weighted by Crippen LogP contribution is -2.17. The molecule has 0 fully saturated rings. The summed E-state index contributed by atoms with van der Waals surface area (Å²) in [5.41, 5.74) is 7.99. The van der Waals surface area contributed by atoms with Crippen LogP contribution in [0, 0.1) is 0 Å². The number of fused-ring (bicyclic) bond motifs is 1. The van der Waals surface area contributed by atoms with E-state index in [0.717, 1.165) is 26.7 Å². The van der Waals surface area contributed by atoms with E-state index >= 15 is 0 Å². The van der Waals surface area contributed by atoms with Crippen molar-refractivity contribution in [3.63, 3.8) is 0 Å². The summed E-state index contributed by atoms with van der Waals surface area (Å²) in [5.74, 6) is 1.48. The van der Waals surface area contributed by atoms with Crippen LogP contribution >= 0.6 is 27.7 Å². The zero-order chi connectivity index (χ0) is 13.4. The lowest BCUT2D eigenvalue weighted by atomic mass is 10.1. The predicted octanol–water partition coefficient (Wildman–Crippen LogP) is 2.42. The van der Waals surface area contributed by atoms with Gasteiger partial charge in [0.15, 0.2) is 5.82 Å². The number of nitrogens with zero attached hydrogens (tertiary/aromatic N) is 4. The van der Waals surface area contributed by atoms with Crippen molar-refractivity contribution in [1.82, 2.24) is 14.9 Å². The van der Waals surface area contributed by atoms with Crippen molar-refractivity contribution in [2.45, 2.75) is 18.1 Å². The van der Waals surface area contributed by atoms with Gasteiger partial charge in [-0.2, -0.15) is 9.78 Å². The minimum absolute atomic E-state index is 0.185. The Bertz CT molecular complexity index is 632. The van der Waals surface area contributed by atoms with Crippen molar-refractivity contribution in [3.05, 3.63) is 40.1 Å². The zero-order valence-electron chi connectivity index (χ0n) is 10.2. The first-order valence-corrected chi connectivity index (χ1v) is 7.60. The van der Waals surface area contributed by atoms with Crippen LogP contribution < -0.4 is 5.73 Å². The molecule has 0 spiro atoms. The lowest BCUT2D eigenvalue weighted by molar-refractivity contribution is 0.646. The first kappa shape index (κ1) is 12.8. The molecule has 1 unspecified atom stereocenters. The molecule has 0 saturated heterocycles. The molecule has 2 heterocycles. The fourth-order valence-electron chi connectivity index (χ4n) is 1.81. The molecule has 0 bridgehead atoms. The molecule has 1 aromatic carbocycles. The third-order valence-corrected chi connectivity index (χ3v) is 4.24. The van der Waals surface area contributed by atoms with Crippen LogP contribution in [0.25, 0.3) is 0 Å². The molecule has 7 heteroatoms. The van der Waals surface area contributed by atoms with Crippen molar-refractivity contribution < 1.29 is 0 Å². The van der Waals surface area contributed by atoms with Crippen LogP contribution in [0.1, 0.15) is 24.4 Å². The highest BCUT2D eigenvalue weighted by atomic mass is 79.9. The van der Waals surface area contributed by atoms with E-state index in [1.54, 1.807) is 16.4 Å². The molecule has 1 aliphatic rings. The van der Waals surface area contributed by atoms with Crippen LogP contribution in [-0.2, 0) is 0 Å². The number of rotatable bonds is 2. The minimum Gasteiger partial charge on any atom is -0.321 e. The second kappa shape index (κ2) is 5.07. The number of hydrogen-bond acceptors (Lipinski definition) is 5. The highest BCUT2D eigenvalue weighted by Gasteiger charge is 2.21. The number of aromatic nitrogens is 3. The molecule has 19 heavy (non-hydrogen) atoms. The number of benzene rings is 1. The second-order valence-electron chi connectivity index (χ2n) is 4.28. The zero-order valence-corrected chi connectivity index (χ0v) is 12.6. The van der Waals surface area contributed by atoms with E-state index in [4.69, 9.17) is 5.73 Å². The van der Waals surface area contributed by atoms with Gasteiger partial charge in [-0.05, 0) is 24.6 Å². The Hall–Kier alpha value is -1.18. The number of thioether (sulfide) groups is 1. The van der Waals surface area contributed by atoms with Gasteiger partial charge in [-0.15, -0.1) is 10.2 Å². The summed E-state index contributed by atoms with van der Waals surface area (Å²) in [6.45, 7) is 1.88. The number of nitrogens with two attached hydrogens (primary N) is 1. The van der Waals surface area contributed by atoms with Crippen molar-refractivity contribution in [2.24, 2.45) is 10.8 Å². The summed E-state index contributed by atoms with van der Waals surface area (Å²) >= 11 is 5.06. The number of halogens is 1. The number of hydrogen-bond donors (Lipinski definition) is 1. The van der Waals surface area contributed by atoms with Gasteiger partial charge in [-0.3, -0.25) is 0 Å². The van der Waals surface area contributed by atoms with Gasteiger partial charge in [-0.1, -0.05) is 39.8 Å². The van der Waals surface area contributed by atoms with Gasteiger partial charge >= 0.3 is 0 Å². The molecule has 0 amide bonds. The highest BCUT2D eigenvalue weighted by Crippen LogP contribution is 2.25. The van der Waals surface area contributed by atoms with E-state index in [1.807, 2.05) is 31.2 Å². The molecule has 0 radical (unpaired) electrons. The van der Waals surface area contributed by atoms with Crippen LogP contribution in [0.5, 0.6) is 0 Å². The molecule has 1 aliphatic heterocycles. The normalized spacial score (nSPS) is 15.8. The minimum atomic E-state index is -0.185. The molecule has 1 aromatic heterocycles. The van der Waals surface area contributed by atoms with Crippen LogP contribution in [0.2, 0.25) is 0 Å². The largest absolute Gasteiger partial charge is 0.321 e. The molecule has 2 N–H and O–H groups in total. The molecule has 98 valence electrons. The summed E-state index contributed by atoms with van der Waals surface area (Å²) < 4.78 is 2.80. The van der Waals surface area contributed by atoms with Gasteiger partial charge in [0.25, 0.3) is 0 Å². The third-order valence-electron chi connectivity index (χ3n) is 2.78. The summed E-state index contributed by atoms with van der Waals surface area (Å²) in [6.07, 6.45) is 0. The van der Waals surface area contributed by atoms with Crippen molar-refractivity contribution in [2.75, 3.05) is 5.75 Å². The SMILES string of the molecule is CC(N)c1nnc2n1N=C(c1ccc(Br)cc1)CS2. The van der Waals surface area contributed by atoms with Gasteiger partial charge in [0, 0.05) is 10.2 Å². The standard InChI is InChI=1S/C12H12BrN5S/c1-7(14)11-15-16-12-18(11)17-10(6-19-12)8-2-4-9(13)5-3-8/h2-5,7H,6,14H2,1H3. The molecule has 0 aliphatic carbocycles. The molecule has 0 saturated carbocycles. The molecular formula is C12H12BrN5S. The average Bonchev–Trinajstić information content (AvgIpc) is 2.82. The van der Waals surface area contributed by atoms with E-state index in [0.29, 0.717) is 5.82 Å². The van der Waals surface area contributed by atoms with E-state index in [-0.39, 0.29) is 6.04 Å². The highest BCUT2D eigenvalue weighted by molar-refractivity contribution is 9.10. The van der Waals surface area contributed by atoms with Crippen LogP contribution in [0.15, 0.2) is 39.0 Å². The Morgan fingerprint density at radius 2 is 2.05 bits per heavy atom. The molecule has 5 nitrogen and oxygen atoms in total. The maximum absolute atomic E-state index is 5.88. The van der Waals surface area contributed by atoms with Gasteiger partial charge in [0.1, 0.15) is 0 Å². The molecule has 2 aromatic rings. The maximum atomic E-state index is 5.88. The van der Waals surface area contributed by atoms with Crippen LogP contribution in [0.4, 0.5) is 0 Å². The summed E-state index contributed by atoms with van der Waals surface area (Å²) in [4.78, 5) is 0. The van der Waals surface area contributed by atoms with E-state index in [2.05, 4.69) is 31.2 Å². The monoisotopic (exact) mass is 337 g/mol. The third kappa shape index (κ3) is 2.45. The summed E-state index contributed by atoms with van der Waals surface area (Å²) in [7, 11) is 0. The van der Waals surface area contributed by atoms with Crippen molar-refractivity contribution in [3.8, 4) is 0 Å². The Kier molecular flexibility index (Phi) is 3.42. The Morgan fingerprint density at radius 3 is 2.74 bits per heavy atom. The van der Waals surface area contributed by atoms with E-state index in [9.17, 15) is 0 Å². The van der Waals surface area contributed by atoms with E-state index < -0.39 is 0 Å². The van der Waals surface area contributed by atoms with E-state index in [1.165, 1.54) is 0 Å². The second-order valence-corrected chi connectivity index (χ2v) is 6.14. The molecule has 3 rings (SSSR count). The van der Waals surface area contributed by atoms with Gasteiger partial charge < -0.3 is 5.73 Å². The van der Waals surface area contributed by atoms with Crippen LogP contribution in [0.3, 0.4) is 0 Å². The fraction of sp³-hybridized carbons (Fsp3) is 0.250. The smallest absolute Gasteiger partial charge is 0.212 e. The quantitative estimate of drug-likeness (QED) is 0.913. The first-order chi connectivity index (χ1) is 9.15. The van der Waals surface area contributed by atoms with Crippen molar-refractivity contribution >= 4 is 33.4 Å². The van der Waals surface area contributed by atoms with Crippen molar-refractivity contribution in [1.29, 1.82) is 0 Å². The maximum Gasteiger partial charge on any atom is 0.212 e. The van der Waals surface area contributed by atoms with Gasteiger partial charge in [-0.25, -0.2) is 0 Å². The predicted molar refractivity (Wildman–Crippen MR) is 79.4 cm³/mol.